The fourth-order valence-corrected chi connectivity index (χ4v) is 3.84. The average Bonchev–Trinajstić information content (AvgIpc) is 2.94. The van der Waals surface area contributed by atoms with Gasteiger partial charge in [0.05, 0.1) is 22.8 Å². The van der Waals surface area contributed by atoms with Crippen molar-refractivity contribution < 1.29 is 9.84 Å². The van der Waals surface area contributed by atoms with E-state index in [0.717, 1.165) is 43.5 Å². The van der Waals surface area contributed by atoms with Gasteiger partial charge in [0.25, 0.3) is 0 Å². The van der Waals surface area contributed by atoms with Crippen LogP contribution in [0.25, 0.3) is 0 Å². The molecule has 0 unspecified atom stereocenters. The summed E-state index contributed by atoms with van der Waals surface area (Å²) in [6.45, 7) is 1.41. The quantitative estimate of drug-likeness (QED) is 0.668. The topological polar surface area (TPSA) is 32.7 Å². The van der Waals surface area contributed by atoms with E-state index < -0.39 is 0 Å². The number of hydrogen-bond donors (Lipinski definition) is 1. The van der Waals surface area contributed by atoms with Crippen LogP contribution in [0.5, 0.6) is 5.75 Å². The molecule has 2 aromatic carbocycles. The first kappa shape index (κ1) is 22.3. The lowest BCUT2D eigenvalue weighted by atomic mass is 10.0. The fourth-order valence-electron chi connectivity index (χ4n) is 3.52. The summed E-state index contributed by atoms with van der Waals surface area (Å²) in [5.74, 6) is 0.939. The number of nitrogens with zero attached hydrogens (tertiary/aromatic N) is 1. The van der Waals surface area contributed by atoms with Crippen LogP contribution in [0.15, 0.2) is 42.5 Å². The molecule has 27 heavy (non-hydrogen) atoms. The molecule has 3 nitrogen and oxygen atoms in total. The molecule has 1 N–H and O–H groups in total. The Morgan fingerprint density at radius 1 is 1.11 bits per heavy atom. The maximum absolute atomic E-state index is 9.75. The highest BCUT2D eigenvalue weighted by Gasteiger charge is 2.27. The molecule has 0 radical (unpaired) electrons. The Morgan fingerprint density at radius 2 is 1.89 bits per heavy atom. The number of likely N-dealkylation sites (tertiary alicyclic amines) is 1. The summed E-state index contributed by atoms with van der Waals surface area (Å²) < 4.78 is 6.06. The Bertz CT molecular complexity index is 741. The van der Waals surface area contributed by atoms with Gasteiger partial charge >= 0.3 is 0 Å². The molecule has 0 aliphatic carbocycles. The Labute approximate surface area is 177 Å². The number of likely N-dealkylation sites (N-methyl/N-ethyl adjacent to an activating group) is 1. The van der Waals surface area contributed by atoms with Gasteiger partial charge in [-0.15, -0.1) is 12.4 Å². The minimum absolute atomic E-state index is 0. The van der Waals surface area contributed by atoms with E-state index in [4.69, 9.17) is 27.9 Å². The summed E-state index contributed by atoms with van der Waals surface area (Å²) in [5, 5.41) is 10.9. The second kappa shape index (κ2) is 10.5. The van der Waals surface area contributed by atoms with Crippen LogP contribution < -0.4 is 4.74 Å². The molecular weight excluding hydrogens is 405 g/mol. The van der Waals surface area contributed by atoms with Gasteiger partial charge in [-0.05, 0) is 62.1 Å². The summed E-state index contributed by atoms with van der Waals surface area (Å²) in [4.78, 5) is 2.21. The van der Waals surface area contributed by atoms with Crippen molar-refractivity contribution in [1.82, 2.24) is 4.90 Å². The highest BCUT2D eigenvalue weighted by atomic mass is 35.5. The van der Waals surface area contributed by atoms with Crippen molar-refractivity contribution >= 4 is 35.6 Å². The molecule has 2 atom stereocenters. The van der Waals surface area contributed by atoms with Gasteiger partial charge < -0.3 is 14.7 Å². The molecule has 0 bridgehead atoms. The number of halogens is 3. The van der Waals surface area contributed by atoms with Gasteiger partial charge in [0.1, 0.15) is 5.75 Å². The lowest BCUT2D eigenvalue weighted by Gasteiger charge is -2.19. The van der Waals surface area contributed by atoms with Gasteiger partial charge in [-0.2, -0.15) is 0 Å². The zero-order valence-corrected chi connectivity index (χ0v) is 17.7. The number of ether oxygens (including phenoxy) is 1. The zero-order valence-electron chi connectivity index (χ0n) is 15.4. The Hall–Kier alpha value is -0.970. The third-order valence-electron chi connectivity index (χ3n) is 5.01. The van der Waals surface area contributed by atoms with Crippen molar-refractivity contribution in [3.63, 3.8) is 0 Å². The van der Waals surface area contributed by atoms with E-state index in [1.54, 1.807) is 0 Å². The van der Waals surface area contributed by atoms with Crippen LogP contribution in [0.4, 0.5) is 0 Å². The number of rotatable bonds is 7. The molecular formula is C21H26Cl3NO2. The number of β-amino-alcohol motifs (C(OH)–C–C–N with tert-alkyl or cyclic N) is 1. The van der Waals surface area contributed by atoms with E-state index in [1.807, 2.05) is 36.4 Å². The van der Waals surface area contributed by atoms with Crippen molar-refractivity contribution in [3.05, 3.63) is 63.6 Å². The number of benzene rings is 2. The number of aliphatic hydroxyl groups is 1. The Morgan fingerprint density at radius 3 is 2.59 bits per heavy atom. The molecule has 0 aromatic heterocycles. The molecule has 2 aromatic rings. The van der Waals surface area contributed by atoms with Crippen LogP contribution in [0.2, 0.25) is 10.0 Å². The van der Waals surface area contributed by atoms with E-state index in [-0.39, 0.29) is 18.5 Å². The average molecular weight is 431 g/mol. The van der Waals surface area contributed by atoms with Gasteiger partial charge in [-0.25, -0.2) is 0 Å². The van der Waals surface area contributed by atoms with Crippen LogP contribution in [0, 0.1) is 0 Å². The first-order valence-electron chi connectivity index (χ1n) is 9.06. The molecule has 148 valence electrons. The summed E-state index contributed by atoms with van der Waals surface area (Å²) in [6.07, 6.45) is 3.32. The van der Waals surface area contributed by atoms with Crippen molar-refractivity contribution in [3.8, 4) is 5.75 Å². The van der Waals surface area contributed by atoms with Gasteiger partial charge in [0, 0.05) is 12.6 Å². The van der Waals surface area contributed by atoms with Gasteiger partial charge in [-0.3, -0.25) is 0 Å². The Balaban J connectivity index is 0.00000261. The smallest absolute Gasteiger partial charge is 0.122 e. The monoisotopic (exact) mass is 429 g/mol. The highest BCUT2D eigenvalue weighted by molar-refractivity contribution is 6.42. The van der Waals surface area contributed by atoms with Crippen LogP contribution >= 0.6 is 35.6 Å². The molecule has 1 aliphatic heterocycles. The van der Waals surface area contributed by atoms with Crippen molar-refractivity contribution in [2.75, 3.05) is 20.2 Å². The maximum Gasteiger partial charge on any atom is 0.122 e. The SMILES string of the molecule is CN1C[C@H](O)C[C@H]1CCOc1ccccc1CCc1ccc(Cl)c(Cl)c1.Cl. The minimum atomic E-state index is -0.205. The third kappa shape index (κ3) is 6.27. The zero-order chi connectivity index (χ0) is 18.5. The molecule has 3 rings (SSSR count). The van der Waals surface area contributed by atoms with Crippen LogP contribution in [0.1, 0.15) is 24.0 Å². The first-order valence-corrected chi connectivity index (χ1v) is 9.81. The molecule has 6 heteroatoms. The lowest BCUT2D eigenvalue weighted by molar-refractivity contribution is 0.182. The molecule has 1 aliphatic rings. The predicted octanol–water partition coefficient (Wildman–Crippen LogP) is 5.03. The number of hydrogen-bond acceptors (Lipinski definition) is 3. The molecule has 1 heterocycles. The lowest BCUT2D eigenvalue weighted by Crippen LogP contribution is -2.26. The van der Waals surface area contributed by atoms with Crippen molar-refractivity contribution in [1.29, 1.82) is 0 Å². The minimum Gasteiger partial charge on any atom is -0.493 e. The molecule has 1 fully saturated rings. The van der Waals surface area contributed by atoms with E-state index >= 15 is 0 Å². The summed E-state index contributed by atoms with van der Waals surface area (Å²) in [6, 6.07) is 14.4. The molecule has 0 amide bonds. The number of aliphatic hydroxyl groups excluding tert-OH is 1. The first-order chi connectivity index (χ1) is 12.5. The summed E-state index contributed by atoms with van der Waals surface area (Å²) in [7, 11) is 2.06. The van der Waals surface area contributed by atoms with Crippen LogP contribution in [0.3, 0.4) is 0 Å². The van der Waals surface area contributed by atoms with Gasteiger partial charge in [0.15, 0.2) is 0 Å². The second-order valence-corrected chi connectivity index (χ2v) is 7.79. The Kier molecular flexibility index (Phi) is 8.71. The van der Waals surface area contributed by atoms with E-state index in [2.05, 4.69) is 18.0 Å². The van der Waals surface area contributed by atoms with Crippen molar-refractivity contribution in [2.24, 2.45) is 0 Å². The third-order valence-corrected chi connectivity index (χ3v) is 5.75. The highest BCUT2D eigenvalue weighted by Crippen LogP contribution is 2.25. The molecule has 0 spiro atoms. The molecule has 0 saturated carbocycles. The van der Waals surface area contributed by atoms with E-state index in [0.29, 0.717) is 22.7 Å². The van der Waals surface area contributed by atoms with E-state index in [9.17, 15) is 5.11 Å². The molecule has 1 saturated heterocycles. The maximum atomic E-state index is 9.75. The standard InChI is InChI=1S/C21H25Cl2NO2.ClH/c1-24-14-18(25)13-17(24)10-11-26-21-5-3-2-4-16(21)8-6-15-7-9-19(22)20(23)12-15;/h2-5,7,9,12,17-18,25H,6,8,10-11,13-14H2,1H3;1H/t17-,18-;/m1./s1. The summed E-state index contributed by atoms with van der Waals surface area (Å²) >= 11 is 12.1. The van der Waals surface area contributed by atoms with Crippen LogP contribution in [-0.2, 0) is 12.8 Å². The van der Waals surface area contributed by atoms with Gasteiger partial charge in [-0.1, -0.05) is 47.5 Å². The van der Waals surface area contributed by atoms with Gasteiger partial charge in [0.2, 0.25) is 0 Å². The number of para-hydroxylation sites is 1. The summed E-state index contributed by atoms with van der Waals surface area (Å²) in [5.41, 5.74) is 2.36. The van der Waals surface area contributed by atoms with Crippen molar-refractivity contribution in [2.45, 2.75) is 37.8 Å². The number of aryl methyl sites for hydroxylation is 2. The second-order valence-electron chi connectivity index (χ2n) is 6.98. The van der Waals surface area contributed by atoms with E-state index in [1.165, 1.54) is 5.56 Å². The predicted molar refractivity (Wildman–Crippen MR) is 115 cm³/mol. The van der Waals surface area contributed by atoms with Crippen LogP contribution in [-0.4, -0.2) is 42.4 Å². The fraction of sp³-hybridized carbons (Fsp3) is 0.429. The normalized spacial score (nSPS) is 19.7. The largest absolute Gasteiger partial charge is 0.493 e.